The molecule has 1 aromatic carbocycles. The third-order valence-electron chi connectivity index (χ3n) is 2.62. The number of rotatable bonds is 4. The fourth-order valence-corrected chi connectivity index (χ4v) is 3.29. The molecule has 90 valence electrons. The molecule has 0 heterocycles. The van der Waals surface area contributed by atoms with Gasteiger partial charge in [0.1, 0.15) is 0 Å². The normalized spacial score (nSPS) is 13.8. The van der Waals surface area contributed by atoms with E-state index in [9.17, 15) is 8.42 Å². The number of sulfone groups is 1. The molecule has 2 N–H and O–H groups in total. The molecule has 1 aromatic rings. The second kappa shape index (κ2) is 5.17. The zero-order valence-electron chi connectivity index (χ0n) is 9.40. The van der Waals surface area contributed by atoms with Crippen LogP contribution >= 0.6 is 11.6 Å². The van der Waals surface area contributed by atoms with Crippen LogP contribution in [-0.4, -0.2) is 20.2 Å². The largest absolute Gasteiger partial charge is 0.329 e. The third kappa shape index (κ3) is 2.56. The summed E-state index contributed by atoms with van der Waals surface area (Å²) in [5.41, 5.74) is 6.23. The van der Waals surface area contributed by atoms with Crippen LogP contribution < -0.4 is 5.73 Å². The van der Waals surface area contributed by atoms with Gasteiger partial charge in [0.2, 0.25) is 0 Å². The van der Waals surface area contributed by atoms with Gasteiger partial charge in [0.25, 0.3) is 0 Å². The maximum atomic E-state index is 12.1. The van der Waals surface area contributed by atoms with Crippen molar-refractivity contribution in [1.82, 2.24) is 0 Å². The standard InChI is InChI=1S/C11H16ClNO2S/c1-3-9(7-13)16(14,15)10-4-5-11(12)8(2)6-10/h4-6,9H,3,7,13H2,1-2H3. The summed E-state index contributed by atoms with van der Waals surface area (Å²) in [6.45, 7) is 3.74. The van der Waals surface area contributed by atoms with E-state index in [-0.39, 0.29) is 6.54 Å². The van der Waals surface area contributed by atoms with E-state index in [4.69, 9.17) is 17.3 Å². The average molecular weight is 262 g/mol. The molecule has 0 bridgehead atoms. The zero-order valence-corrected chi connectivity index (χ0v) is 11.0. The van der Waals surface area contributed by atoms with Crippen LogP contribution in [0.15, 0.2) is 23.1 Å². The lowest BCUT2D eigenvalue weighted by molar-refractivity contribution is 0.576. The lowest BCUT2D eigenvalue weighted by Gasteiger charge is -2.14. The summed E-state index contributed by atoms with van der Waals surface area (Å²) in [4.78, 5) is 0.298. The molecule has 1 atom stereocenters. The van der Waals surface area contributed by atoms with Gasteiger partial charge in [0, 0.05) is 11.6 Å². The van der Waals surface area contributed by atoms with Crippen molar-refractivity contribution in [2.24, 2.45) is 5.73 Å². The Morgan fingerprint density at radius 3 is 2.50 bits per heavy atom. The fraction of sp³-hybridized carbons (Fsp3) is 0.455. The van der Waals surface area contributed by atoms with E-state index in [0.29, 0.717) is 16.3 Å². The lowest BCUT2D eigenvalue weighted by atomic mass is 10.2. The molecule has 0 aliphatic rings. The number of halogens is 1. The molecule has 0 saturated heterocycles. The SMILES string of the molecule is CCC(CN)S(=O)(=O)c1ccc(Cl)c(C)c1. The molecule has 0 amide bonds. The summed E-state index contributed by atoms with van der Waals surface area (Å²) in [5, 5.41) is 0.0489. The summed E-state index contributed by atoms with van der Waals surface area (Å²) in [6, 6.07) is 4.73. The maximum Gasteiger partial charge on any atom is 0.182 e. The zero-order chi connectivity index (χ0) is 12.3. The Balaban J connectivity index is 3.22. The Morgan fingerprint density at radius 1 is 1.44 bits per heavy atom. The first kappa shape index (κ1) is 13.5. The maximum absolute atomic E-state index is 12.1. The van der Waals surface area contributed by atoms with Crippen molar-refractivity contribution in [2.45, 2.75) is 30.4 Å². The number of aryl methyl sites for hydroxylation is 1. The molecule has 0 aliphatic carbocycles. The minimum Gasteiger partial charge on any atom is -0.329 e. The van der Waals surface area contributed by atoms with Crippen molar-refractivity contribution >= 4 is 21.4 Å². The van der Waals surface area contributed by atoms with Crippen molar-refractivity contribution in [1.29, 1.82) is 0 Å². The second-order valence-corrected chi connectivity index (χ2v) is 6.36. The van der Waals surface area contributed by atoms with Crippen molar-refractivity contribution in [3.05, 3.63) is 28.8 Å². The molecule has 0 aliphatic heterocycles. The first-order valence-corrected chi connectivity index (χ1v) is 7.06. The quantitative estimate of drug-likeness (QED) is 0.904. The van der Waals surface area contributed by atoms with Gasteiger partial charge in [-0.25, -0.2) is 8.42 Å². The van der Waals surface area contributed by atoms with Gasteiger partial charge in [-0.1, -0.05) is 18.5 Å². The van der Waals surface area contributed by atoms with Gasteiger partial charge in [-0.15, -0.1) is 0 Å². The highest BCUT2D eigenvalue weighted by Gasteiger charge is 2.24. The monoisotopic (exact) mass is 261 g/mol. The molecule has 0 radical (unpaired) electrons. The topological polar surface area (TPSA) is 60.2 Å². The van der Waals surface area contributed by atoms with Crippen LogP contribution in [0.4, 0.5) is 0 Å². The average Bonchev–Trinajstić information content (AvgIpc) is 2.23. The van der Waals surface area contributed by atoms with Gasteiger partial charge in [-0.2, -0.15) is 0 Å². The molecule has 16 heavy (non-hydrogen) atoms. The van der Waals surface area contributed by atoms with Gasteiger partial charge >= 0.3 is 0 Å². The molecule has 3 nitrogen and oxygen atoms in total. The van der Waals surface area contributed by atoms with Crippen molar-refractivity contribution in [3.63, 3.8) is 0 Å². The first-order chi connectivity index (χ1) is 7.43. The molecule has 5 heteroatoms. The highest BCUT2D eigenvalue weighted by Crippen LogP contribution is 2.23. The van der Waals surface area contributed by atoms with Gasteiger partial charge in [0.05, 0.1) is 10.1 Å². The fourth-order valence-electron chi connectivity index (χ4n) is 1.50. The van der Waals surface area contributed by atoms with Crippen LogP contribution in [0.5, 0.6) is 0 Å². The Labute approximate surface area is 102 Å². The summed E-state index contributed by atoms with van der Waals surface area (Å²) in [7, 11) is -3.32. The van der Waals surface area contributed by atoms with Crippen LogP contribution in [0.25, 0.3) is 0 Å². The van der Waals surface area contributed by atoms with Crippen LogP contribution in [0, 0.1) is 6.92 Å². The van der Waals surface area contributed by atoms with E-state index in [1.807, 2.05) is 6.92 Å². The Hall–Kier alpha value is -0.580. The van der Waals surface area contributed by atoms with Crippen molar-refractivity contribution in [2.75, 3.05) is 6.54 Å². The molecule has 1 unspecified atom stereocenters. The molecule has 0 spiro atoms. The molecular weight excluding hydrogens is 246 g/mol. The second-order valence-electron chi connectivity index (χ2n) is 3.72. The van der Waals surface area contributed by atoms with E-state index in [0.717, 1.165) is 5.56 Å². The molecule has 0 aromatic heterocycles. The smallest absolute Gasteiger partial charge is 0.182 e. The van der Waals surface area contributed by atoms with E-state index in [2.05, 4.69) is 0 Å². The van der Waals surface area contributed by atoms with Gasteiger partial charge < -0.3 is 5.73 Å². The molecule has 0 saturated carbocycles. The number of benzene rings is 1. The summed E-state index contributed by atoms with van der Waals surface area (Å²) in [5.74, 6) is 0. The summed E-state index contributed by atoms with van der Waals surface area (Å²) < 4.78 is 24.3. The number of hydrogen-bond donors (Lipinski definition) is 1. The predicted octanol–water partition coefficient (Wildman–Crippen LogP) is 2.16. The highest BCUT2D eigenvalue weighted by molar-refractivity contribution is 7.92. The highest BCUT2D eigenvalue weighted by atomic mass is 35.5. The van der Waals surface area contributed by atoms with Crippen LogP contribution in [0.3, 0.4) is 0 Å². The van der Waals surface area contributed by atoms with E-state index in [1.165, 1.54) is 6.07 Å². The van der Waals surface area contributed by atoms with Crippen LogP contribution in [-0.2, 0) is 9.84 Å². The summed E-state index contributed by atoms with van der Waals surface area (Å²) >= 11 is 5.86. The van der Waals surface area contributed by atoms with Gasteiger partial charge in [-0.3, -0.25) is 0 Å². The Bertz CT molecular complexity index is 467. The van der Waals surface area contributed by atoms with Gasteiger partial charge in [-0.05, 0) is 37.1 Å². The molecular formula is C11H16ClNO2S. The molecule has 1 rings (SSSR count). The number of hydrogen-bond acceptors (Lipinski definition) is 3. The van der Waals surface area contributed by atoms with Crippen molar-refractivity contribution < 1.29 is 8.42 Å². The van der Waals surface area contributed by atoms with Crippen LogP contribution in [0.2, 0.25) is 5.02 Å². The lowest BCUT2D eigenvalue weighted by Crippen LogP contribution is -2.29. The van der Waals surface area contributed by atoms with E-state index in [1.54, 1.807) is 19.1 Å². The minimum absolute atomic E-state index is 0.139. The predicted molar refractivity (Wildman–Crippen MR) is 66.5 cm³/mol. The third-order valence-corrected chi connectivity index (χ3v) is 5.35. The van der Waals surface area contributed by atoms with Crippen LogP contribution in [0.1, 0.15) is 18.9 Å². The summed E-state index contributed by atoms with van der Waals surface area (Å²) in [6.07, 6.45) is 0.514. The minimum atomic E-state index is -3.32. The van der Waals surface area contributed by atoms with E-state index >= 15 is 0 Å². The van der Waals surface area contributed by atoms with Gasteiger partial charge in [0.15, 0.2) is 9.84 Å². The number of nitrogens with two attached hydrogens (primary N) is 1. The van der Waals surface area contributed by atoms with E-state index < -0.39 is 15.1 Å². The molecule has 0 fully saturated rings. The Kier molecular flexibility index (Phi) is 4.35. The van der Waals surface area contributed by atoms with Crippen molar-refractivity contribution in [3.8, 4) is 0 Å². The first-order valence-electron chi connectivity index (χ1n) is 5.13. The Morgan fingerprint density at radius 2 is 2.06 bits per heavy atom.